The van der Waals surface area contributed by atoms with E-state index < -0.39 is 0 Å². The van der Waals surface area contributed by atoms with Crippen LogP contribution in [0.5, 0.6) is 0 Å². The fraction of sp³-hybridized carbons (Fsp3) is 0.389. The van der Waals surface area contributed by atoms with Crippen molar-refractivity contribution < 1.29 is 19.0 Å². The Kier molecular flexibility index (Phi) is 6.06. The minimum atomic E-state index is -0.303. The molecule has 7 heteroatoms. The van der Waals surface area contributed by atoms with E-state index >= 15 is 0 Å². The van der Waals surface area contributed by atoms with Crippen LogP contribution in [0, 0.1) is 5.82 Å². The lowest BCUT2D eigenvalue weighted by atomic mass is 10.2. The van der Waals surface area contributed by atoms with E-state index in [1.807, 2.05) is 13.0 Å². The molecule has 4 nitrogen and oxygen atoms in total. The summed E-state index contributed by atoms with van der Waals surface area (Å²) in [5.41, 5.74) is 0.636. The molecule has 3 N–H and O–H groups in total. The first-order chi connectivity index (χ1) is 12.0. The Hall–Kier alpha value is -1.47. The molecule has 2 aromatic rings. The summed E-state index contributed by atoms with van der Waals surface area (Å²) in [6, 6.07) is 9.80. The second kappa shape index (κ2) is 8.27. The molecule has 134 valence electrons. The highest BCUT2D eigenvalue weighted by molar-refractivity contribution is 7.16. The van der Waals surface area contributed by atoms with Crippen molar-refractivity contribution in [3.63, 3.8) is 0 Å². The lowest BCUT2D eigenvalue weighted by Crippen LogP contribution is -3.29. The molecule has 25 heavy (non-hydrogen) atoms. The molecular formula is C18H23ClFN3OS+2. The van der Waals surface area contributed by atoms with Crippen LogP contribution in [0.4, 0.5) is 10.1 Å². The Morgan fingerprint density at radius 3 is 2.48 bits per heavy atom. The van der Waals surface area contributed by atoms with Gasteiger partial charge >= 0.3 is 0 Å². The van der Waals surface area contributed by atoms with E-state index in [1.54, 1.807) is 23.5 Å². The molecule has 1 aromatic heterocycles. The minimum absolute atomic E-state index is 0.0184. The van der Waals surface area contributed by atoms with Crippen LogP contribution >= 0.6 is 22.9 Å². The Labute approximate surface area is 156 Å². The van der Waals surface area contributed by atoms with Crippen molar-refractivity contribution >= 4 is 34.5 Å². The van der Waals surface area contributed by atoms with Crippen molar-refractivity contribution in [3.05, 3.63) is 51.4 Å². The van der Waals surface area contributed by atoms with Gasteiger partial charge in [0, 0.05) is 5.69 Å². The predicted octanol–water partition coefficient (Wildman–Crippen LogP) is 0.851. The van der Waals surface area contributed by atoms with E-state index in [2.05, 4.69) is 11.4 Å². The van der Waals surface area contributed by atoms with Gasteiger partial charge in [0.25, 0.3) is 5.91 Å². The SMILES string of the molecule is C[C@H](C(=O)Nc1ccc(F)cc1)[NH+]1CC[NH+](Cc2ccc(Cl)s2)CC1. The summed E-state index contributed by atoms with van der Waals surface area (Å²) < 4.78 is 13.8. The number of rotatable bonds is 5. The first kappa shape index (κ1) is 18.3. The first-order valence-electron chi connectivity index (χ1n) is 8.50. The van der Waals surface area contributed by atoms with Gasteiger partial charge in [-0.05, 0) is 43.3 Å². The molecule has 1 amide bonds. The van der Waals surface area contributed by atoms with E-state index in [0.29, 0.717) is 5.69 Å². The molecule has 0 unspecified atom stereocenters. The summed E-state index contributed by atoms with van der Waals surface area (Å²) in [4.78, 5) is 16.6. The molecular weight excluding hydrogens is 361 g/mol. The van der Waals surface area contributed by atoms with Crippen LogP contribution in [0.15, 0.2) is 36.4 Å². The maximum atomic E-state index is 12.9. The van der Waals surface area contributed by atoms with Crippen molar-refractivity contribution in [3.8, 4) is 0 Å². The van der Waals surface area contributed by atoms with Gasteiger partial charge in [-0.3, -0.25) is 4.79 Å². The summed E-state index contributed by atoms with van der Waals surface area (Å²) >= 11 is 7.64. The van der Waals surface area contributed by atoms with Crippen LogP contribution in [0.2, 0.25) is 4.34 Å². The Bertz CT molecular complexity index is 713. The quantitative estimate of drug-likeness (QED) is 0.703. The summed E-state index contributed by atoms with van der Waals surface area (Å²) in [7, 11) is 0. The van der Waals surface area contributed by atoms with Crippen LogP contribution in [-0.2, 0) is 11.3 Å². The fourth-order valence-electron chi connectivity index (χ4n) is 3.20. The predicted molar refractivity (Wildman–Crippen MR) is 98.9 cm³/mol. The summed E-state index contributed by atoms with van der Waals surface area (Å²) in [6.45, 7) is 6.97. The van der Waals surface area contributed by atoms with Crippen molar-refractivity contribution in [2.45, 2.75) is 19.5 Å². The smallest absolute Gasteiger partial charge is 0.282 e. The number of thiophene rings is 1. The van der Waals surface area contributed by atoms with Gasteiger partial charge in [0.1, 0.15) is 38.5 Å². The normalized spacial score (nSPS) is 21.7. The molecule has 1 fully saturated rings. The standard InChI is InChI=1S/C18H21ClFN3OS/c1-13(18(24)21-15-4-2-14(20)3-5-15)23-10-8-22(9-11-23)12-16-6-7-17(19)25-16/h2-7,13H,8-12H2,1H3,(H,21,24)/p+2/t13-/m1/s1. The second-order valence-electron chi connectivity index (χ2n) is 6.51. The molecule has 1 aliphatic heterocycles. The van der Waals surface area contributed by atoms with Gasteiger partial charge < -0.3 is 15.1 Å². The summed E-state index contributed by atoms with van der Waals surface area (Å²) in [5, 5.41) is 2.87. The number of hydrogen-bond donors (Lipinski definition) is 3. The largest absolute Gasteiger partial charge is 0.321 e. The van der Waals surface area contributed by atoms with Crippen molar-refractivity contribution in [2.24, 2.45) is 0 Å². The van der Waals surface area contributed by atoms with Gasteiger partial charge in [-0.2, -0.15) is 0 Å². The molecule has 0 aliphatic carbocycles. The fourth-order valence-corrected chi connectivity index (χ4v) is 4.36. The molecule has 0 spiro atoms. The van der Waals surface area contributed by atoms with E-state index in [4.69, 9.17) is 11.6 Å². The number of quaternary nitrogens is 2. The maximum Gasteiger partial charge on any atom is 0.282 e. The number of carbonyl (C=O) groups excluding carboxylic acids is 1. The van der Waals surface area contributed by atoms with Crippen molar-refractivity contribution in [2.75, 3.05) is 31.5 Å². The van der Waals surface area contributed by atoms with E-state index in [0.717, 1.165) is 37.1 Å². The second-order valence-corrected chi connectivity index (χ2v) is 8.31. The Balaban J connectivity index is 1.48. The van der Waals surface area contributed by atoms with Gasteiger partial charge in [0.15, 0.2) is 6.04 Å². The molecule has 1 saturated heterocycles. The van der Waals surface area contributed by atoms with E-state index in [1.165, 1.54) is 26.8 Å². The number of carbonyl (C=O) groups is 1. The average Bonchev–Trinajstić information content (AvgIpc) is 3.02. The molecule has 0 radical (unpaired) electrons. The zero-order valence-corrected chi connectivity index (χ0v) is 15.7. The van der Waals surface area contributed by atoms with Crippen LogP contribution in [0.3, 0.4) is 0 Å². The van der Waals surface area contributed by atoms with Crippen LogP contribution in [-0.4, -0.2) is 38.1 Å². The van der Waals surface area contributed by atoms with Gasteiger partial charge in [0.2, 0.25) is 0 Å². The third-order valence-corrected chi connectivity index (χ3v) is 6.00. The lowest BCUT2D eigenvalue weighted by Gasteiger charge is -2.32. The minimum Gasteiger partial charge on any atom is -0.321 e. The molecule has 1 aliphatic rings. The van der Waals surface area contributed by atoms with E-state index in [9.17, 15) is 9.18 Å². The number of anilines is 1. The number of halogens is 2. The zero-order valence-electron chi connectivity index (χ0n) is 14.1. The highest BCUT2D eigenvalue weighted by atomic mass is 35.5. The molecule has 1 aromatic carbocycles. The third kappa shape index (κ3) is 5.01. The third-order valence-electron chi connectivity index (χ3n) is 4.77. The van der Waals surface area contributed by atoms with E-state index in [-0.39, 0.29) is 17.8 Å². The topological polar surface area (TPSA) is 38.0 Å². The summed E-state index contributed by atoms with van der Waals surface area (Å²) in [5.74, 6) is -0.321. The van der Waals surface area contributed by atoms with Crippen molar-refractivity contribution in [1.29, 1.82) is 0 Å². The van der Waals surface area contributed by atoms with Gasteiger partial charge in [-0.1, -0.05) is 11.6 Å². The number of hydrogen-bond acceptors (Lipinski definition) is 2. The van der Waals surface area contributed by atoms with Gasteiger partial charge in [0.05, 0.1) is 9.21 Å². The summed E-state index contributed by atoms with van der Waals surface area (Å²) in [6.07, 6.45) is 0. The lowest BCUT2D eigenvalue weighted by molar-refractivity contribution is -1.02. The van der Waals surface area contributed by atoms with Crippen molar-refractivity contribution in [1.82, 2.24) is 0 Å². The first-order valence-corrected chi connectivity index (χ1v) is 9.69. The maximum absolute atomic E-state index is 12.9. The monoisotopic (exact) mass is 383 g/mol. The van der Waals surface area contributed by atoms with Crippen LogP contribution in [0.25, 0.3) is 0 Å². The van der Waals surface area contributed by atoms with Gasteiger partial charge in [-0.25, -0.2) is 4.39 Å². The highest BCUT2D eigenvalue weighted by Gasteiger charge is 2.31. The zero-order chi connectivity index (χ0) is 17.8. The highest BCUT2D eigenvalue weighted by Crippen LogP contribution is 2.20. The molecule has 1 atom stereocenters. The molecule has 0 bridgehead atoms. The number of piperazine rings is 1. The Morgan fingerprint density at radius 1 is 1.20 bits per heavy atom. The number of benzene rings is 1. The number of nitrogens with one attached hydrogen (secondary N) is 3. The molecule has 0 saturated carbocycles. The average molecular weight is 384 g/mol. The molecule has 2 heterocycles. The Morgan fingerprint density at radius 2 is 1.88 bits per heavy atom. The number of amides is 1. The molecule has 3 rings (SSSR count). The van der Waals surface area contributed by atoms with Crippen LogP contribution in [0.1, 0.15) is 11.8 Å². The van der Waals surface area contributed by atoms with Crippen LogP contribution < -0.4 is 15.1 Å². The van der Waals surface area contributed by atoms with Gasteiger partial charge in [-0.15, -0.1) is 11.3 Å².